The smallest absolute Gasteiger partial charge is 0.240 e. The van der Waals surface area contributed by atoms with Crippen molar-refractivity contribution >= 4 is 34.4 Å². The second-order valence-corrected chi connectivity index (χ2v) is 7.00. The number of aliphatic imine (C=N–C) groups is 1. The molecule has 0 radical (unpaired) electrons. The highest BCUT2D eigenvalue weighted by atomic mass is 32.1. The van der Waals surface area contributed by atoms with Gasteiger partial charge >= 0.3 is 0 Å². The van der Waals surface area contributed by atoms with Crippen molar-refractivity contribution in [1.82, 2.24) is 10.4 Å². The summed E-state index contributed by atoms with van der Waals surface area (Å²) in [7, 11) is 0. The second-order valence-electron chi connectivity index (χ2n) is 6.28. The van der Waals surface area contributed by atoms with Crippen molar-refractivity contribution in [3.63, 3.8) is 0 Å². The van der Waals surface area contributed by atoms with Gasteiger partial charge in [-0.2, -0.15) is 5.10 Å². The van der Waals surface area contributed by atoms with Crippen LogP contribution in [0.2, 0.25) is 0 Å². The van der Waals surface area contributed by atoms with Gasteiger partial charge in [-0.15, -0.1) is 11.3 Å². The molecule has 5 nitrogen and oxygen atoms in total. The lowest BCUT2D eigenvalue weighted by molar-refractivity contribution is -0.121. The minimum Gasteiger partial charge on any atom is -0.273 e. The van der Waals surface area contributed by atoms with Gasteiger partial charge in [0.15, 0.2) is 0 Å². The summed E-state index contributed by atoms with van der Waals surface area (Å²) in [6.45, 7) is 4.34. The summed E-state index contributed by atoms with van der Waals surface area (Å²) in [5.41, 5.74) is 10.3. The lowest BCUT2D eigenvalue weighted by Gasteiger charge is -2.22. The number of hydrogen-bond donors (Lipinski definition) is 1. The van der Waals surface area contributed by atoms with Crippen molar-refractivity contribution in [2.75, 3.05) is 0 Å². The molecular formula is C17H16N4OS. The molecule has 0 spiro atoms. The number of nitrogens with zero attached hydrogens (tertiary/aromatic N) is 3. The number of carbonyl (C=O) groups excluding carboxylic acids is 1. The summed E-state index contributed by atoms with van der Waals surface area (Å²) in [6, 6.07) is 6.21. The Labute approximate surface area is 138 Å². The highest BCUT2D eigenvalue weighted by Gasteiger charge is 2.37. The van der Waals surface area contributed by atoms with Crippen LogP contribution in [0.15, 0.2) is 39.2 Å². The van der Waals surface area contributed by atoms with Crippen molar-refractivity contribution < 1.29 is 4.79 Å². The van der Waals surface area contributed by atoms with Gasteiger partial charge in [-0.3, -0.25) is 4.79 Å². The van der Waals surface area contributed by atoms with E-state index in [1.807, 2.05) is 23.0 Å². The molecule has 3 heterocycles. The molecule has 0 atom stereocenters. The van der Waals surface area contributed by atoms with Gasteiger partial charge in [0.1, 0.15) is 0 Å². The monoisotopic (exact) mass is 324 g/mol. The summed E-state index contributed by atoms with van der Waals surface area (Å²) in [6.07, 6.45) is 1.16. The molecule has 0 saturated carbocycles. The molecule has 1 aromatic heterocycles. The van der Waals surface area contributed by atoms with E-state index in [0.29, 0.717) is 12.8 Å². The van der Waals surface area contributed by atoms with Crippen molar-refractivity contribution in [3.05, 3.63) is 45.9 Å². The molecule has 1 amide bonds. The summed E-state index contributed by atoms with van der Waals surface area (Å²) < 4.78 is 0. The zero-order chi connectivity index (χ0) is 16.0. The summed E-state index contributed by atoms with van der Waals surface area (Å²) in [5, 5.41) is 6.23. The molecular weight excluding hydrogens is 308 g/mol. The molecule has 2 aromatic rings. The number of fused-ring (bicyclic) bond motifs is 1. The fraction of sp³-hybridized carbons (Fsp3) is 0.294. The normalized spacial score (nSPS) is 19.0. The fourth-order valence-corrected chi connectivity index (χ4v) is 3.63. The highest BCUT2D eigenvalue weighted by molar-refractivity contribution is 7.07. The number of nitrogens with one attached hydrogen (secondary N) is 1. The third-order valence-electron chi connectivity index (χ3n) is 4.41. The van der Waals surface area contributed by atoms with E-state index in [0.717, 1.165) is 28.4 Å². The second kappa shape index (κ2) is 5.09. The maximum atomic E-state index is 11.3. The first-order valence-electron chi connectivity index (χ1n) is 7.54. The lowest BCUT2D eigenvalue weighted by atomic mass is 9.79. The molecule has 1 aromatic carbocycles. The number of carbonyl (C=O) groups is 1. The molecule has 0 saturated heterocycles. The van der Waals surface area contributed by atoms with E-state index in [9.17, 15) is 4.79 Å². The van der Waals surface area contributed by atoms with Crippen LogP contribution in [0.5, 0.6) is 0 Å². The molecule has 116 valence electrons. The Kier molecular flexibility index (Phi) is 3.16. The first kappa shape index (κ1) is 14.3. The number of amides is 1. The molecule has 4 rings (SSSR count). The molecule has 6 heteroatoms. The van der Waals surface area contributed by atoms with E-state index < -0.39 is 0 Å². The molecule has 0 fully saturated rings. The van der Waals surface area contributed by atoms with E-state index >= 15 is 0 Å². The van der Waals surface area contributed by atoms with Gasteiger partial charge in [-0.05, 0) is 37.1 Å². The van der Waals surface area contributed by atoms with Crippen LogP contribution >= 0.6 is 11.3 Å². The van der Waals surface area contributed by atoms with E-state index in [1.165, 1.54) is 5.56 Å². The van der Waals surface area contributed by atoms with Gasteiger partial charge in [-0.25, -0.2) is 15.4 Å². The van der Waals surface area contributed by atoms with Crippen LogP contribution in [0.3, 0.4) is 0 Å². The van der Waals surface area contributed by atoms with Gasteiger partial charge < -0.3 is 0 Å². The number of thiazole rings is 1. The molecule has 23 heavy (non-hydrogen) atoms. The Hall–Kier alpha value is -2.34. The van der Waals surface area contributed by atoms with Crippen LogP contribution in [0.1, 0.15) is 43.5 Å². The highest BCUT2D eigenvalue weighted by Crippen LogP contribution is 2.42. The maximum Gasteiger partial charge on any atom is 0.240 e. The molecule has 0 unspecified atom stereocenters. The Morgan fingerprint density at radius 1 is 1.26 bits per heavy atom. The standard InChI is InChI=1S/C17H16N4OS/c1-17(2)11-7-10(12-5-6-15(22)21-20-12)3-4-13(11)19-16(17)14-8-23-9-18-14/h3-4,7-9H,5-6H2,1-2H3,(H,21,22). The van der Waals surface area contributed by atoms with Crippen molar-refractivity contribution in [2.45, 2.75) is 32.1 Å². The van der Waals surface area contributed by atoms with Gasteiger partial charge in [0, 0.05) is 23.6 Å². The Morgan fingerprint density at radius 2 is 2.13 bits per heavy atom. The van der Waals surface area contributed by atoms with Crippen LogP contribution in [-0.4, -0.2) is 22.3 Å². The lowest BCUT2D eigenvalue weighted by Crippen LogP contribution is -2.28. The number of benzene rings is 1. The Morgan fingerprint density at radius 3 is 2.83 bits per heavy atom. The number of hydrogen-bond acceptors (Lipinski definition) is 5. The van der Waals surface area contributed by atoms with E-state index in [4.69, 9.17) is 4.99 Å². The van der Waals surface area contributed by atoms with Crippen molar-refractivity contribution in [1.29, 1.82) is 0 Å². The zero-order valence-electron chi connectivity index (χ0n) is 13.0. The van der Waals surface area contributed by atoms with E-state index in [2.05, 4.69) is 35.4 Å². The number of hydrazone groups is 1. The first-order valence-corrected chi connectivity index (χ1v) is 8.48. The predicted octanol–water partition coefficient (Wildman–Crippen LogP) is 3.17. The van der Waals surface area contributed by atoms with Crippen LogP contribution in [0.4, 0.5) is 5.69 Å². The average Bonchev–Trinajstić information content (AvgIpc) is 3.14. The average molecular weight is 324 g/mol. The van der Waals surface area contributed by atoms with Crippen molar-refractivity contribution in [3.8, 4) is 0 Å². The van der Waals surface area contributed by atoms with Gasteiger partial charge in [0.05, 0.1) is 28.3 Å². The Bertz CT molecular complexity index is 849. The number of aromatic nitrogens is 1. The van der Waals surface area contributed by atoms with Crippen LogP contribution in [-0.2, 0) is 10.2 Å². The quantitative estimate of drug-likeness (QED) is 0.922. The van der Waals surface area contributed by atoms with Crippen LogP contribution in [0.25, 0.3) is 0 Å². The van der Waals surface area contributed by atoms with Crippen LogP contribution < -0.4 is 5.43 Å². The third kappa shape index (κ3) is 2.30. The summed E-state index contributed by atoms with van der Waals surface area (Å²) >= 11 is 1.58. The minimum absolute atomic E-state index is 0.0237. The fourth-order valence-electron chi connectivity index (χ4n) is 3.09. The molecule has 0 aliphatic carbocycles. The van der Waals surface area contributed by atoms with Gasteiger partial charge in [-0.1, -0.05) is 6.07 Å². The largest absolute Gasteiger partial charge is 0.273 e. The first-order chi connectivity index (χ1) is 11.1. The zero-order valence-corrected chi connectivity index (χ0v) is 13.8. The molecule has 2 aliphatic heterocycles. The van der Waals surface area contributed by atoms with Crippen molar-refractivity contribution in [2.24, 2.45) is 10.1 Å². The molecule has 2 aliphatic rings. The molecule has 1 N–H and O–H groups in total. The summed E-state index contributed by atoms with van der Waals surface area (Å²) in [5.74, 6) is -0.0237. The van der Waals surface area contributed by atoms with Crippen LogP contribution in [0, 0.1) is 0 Å². The third-order valence-corrected chi connectivity index (χ3v) is 4.99. The molecule has 0 bridgehead atoms. The Balaban J connectivity index is 1.74. The predicted molar refractivity (Wildman–Crippen MR) is 91.7 cm³/mol. The topological polar surface area (TPSA) is 66.7 Å². The van der Waals surface area contributed by atoms with Gasteiger partial charge in [0.2, 0.25) is 5.91 Å². The van der Waals surface area contributed by atoms with Gasteiger partial charge in [0.25, 0.3) is 0 Å². The van der Waals surface area contributed by atoms with E-state index in [-0.39, 0.29) is 11.3 Å². The SMILES string of the molecule is CC1(C)C(c2cscn2)=Nc2ccc(C3=NNC(=O)CC3)cc21. The maximum absolute atomic E-state index is 11.3. The summed E-state index contributed by atoms with van der Waals surface area (Å²) in [4.78, 5) is 20.5. The minimum atomic E-state index is -0.197. The number of rotatable bonds is 2. The van der Waals surface area contributed by atoms with E-state index in [1.54, 1.807) is 11.3 Å².